The van der Waals surface area contributed by atoms with Gasteiger partial charge in [0.15, 0.2) is 0 Å². The number of benzene rings is 1. The second-order valence-corrected chi connectivity index (χ2v) is 5.83. The maximum atomic E-state index is 11.4. The van der Waals surface area contributed by atoms with E-state index in [1.807, 2.05) is 0 Å². The minimum Gasteiger partial charge on any atom is -0.438 e. The van der Waals surface area contributed by atoms with Crippen molar-refractivity contribution >= 4 is 22.6 Å². The summed E-state index contributed by atoms with van der Waals surface area (Å²) >= 11 is 0. The molecule has 108 valence electrons. The Bertz CT molecular complexity index is 820. The Labute approximate surface area is 121 Å². The fourth-order valence-corrected chi connectivity index (χ4v) is 3.64. The van der Waals surface area contributed by atoms with Crippen LogP contribution in [-0.4, -0.2) is 19.0 Å². The Morgan fingerprint density at radius 2 is 2.00 bits per heavy atom. The number of hydrogen-bond acceptors (Lipinski definition) is 4. The molecule has 0 bridgehead atoms. The van der Waals surface area contributed by atoms with E-state index in [0.717, 1.165) is 49.7 Å². The molecule has 21 heavy (non-hydrogen) atoms. The summed E-state index contributed by atoms with van der Waals surface area (Å²) in [6.45, 7) is 2.19. The molecule has 2 aromatic rings. The zero-order chi connectivity index (χ0) is 14.6. The monoisotopic (exact) mass is 283 g/mol. The second kappa shape index (κ2) is 4.35. The van der Waals surface area contributed by atoms with Gasteiger partial charge in [-0.25, -0.2) is 0 Å². The zero-order valence-electron chi connectivity index (χ0n) is 11.7. The van der Waals surface area contributed by atoms with Gasteiger partial charge < -0.3 is 15.1 Å². The van der Waals surface area contributed by atoms with Crippen molar-refractivity contribution in [1.29, 1.82) is 5.41 Å². The summed E-state index contributed by atoms with van der Waals surface area (Å²) in [5, 5.41) is 8.77. The van der Waals surface area contributed by atoms with Crippen molar-refractivity contribution in [2.24, 2.45) is 5.73 Å². The van der Waals surface area contributed by atoms with Gasteiger partial charge in [0.1, 0.15) is 11.1 Å². The number of primary amides is 1. The van der Waals surface area contributed by atoms with Gasteiger partial charge >= 0.3 is 0 Å². The third-order valence-corrected chi connectivity index (χ3v) is 4.52. The first-order valence-electron chi connectivity index (χ1n) is 7.37. The van der Waals surface area contributed by atoms with Crippen LogP contribution in [0.5, 0.6) is 0 Å². The quantitative estimate of drug-likeness (QED) is 0.835. The van der Waals surface area contributed by atoms with Crippen LogP contribution in [-0.2, 0) is 12.8 Å². The maximum Gasteiger partial charge on any atom is 0.254 e. The first kappa shape index (κ1) is 12.4. The predicted molar refractivity (Wildman–Crippen MR) is 79.4 cm³/mol. The molecule has 4 rings (SSSR count). The molecular weight excluding hydrogens is 266 g/mol. The van der Waals surface area contributed by atoms with E-state index in [9.17, 15) is 4.79 Å². The highest BCUT2D eigenvalue weighted by Gasteiger charge is 2.27. The van der Waals surface area contributed by atoms with Crippen LogP contribution in [0.2, 0.25) is 0 Å². The number of amides is 1. The average Bonchev–Trinajstić information content (AvgIpc) is 2.48. The molecule has 0 unspecified atom stereocenters. The van der Waals surface area contributed by atoms with Gasteiger partial charge in [-0.15, -0.1) is 0 Å². The fraction of sp³-hybridized carbons (Fsp3) is 0.375. The number of nitrogens with zero attached hydrogens (tertiary/aromatic N) is 1. The van der Waals surface area contributed by atoms with E-state index in [4.69, 9.17) is 15.6 Å². The molecule has 1 aromatic carbocycles. The van der Waals surface area contributed by atoms with Gasteiger partial charge in [0.05, 0.1) is 0 Å². The molecule has 2 aliphatic rings. The lowest BCUT2D eigenvalue weighted by atomic mass is 9.90. The molecule has 5 nitrogen and oxygen atoms in total. The maximum absolute atomic E-state index is 11.4. The molecule has 0 saturated carbocycles. The average molecular weight is 283 g/mol. The van der Waals surface area contributed by atoms with Gasteiger partial charge in [0, 0.05) is 29.7 Å². The number of nitrogens with one attached hydrogen (secondary N) is 1. The van der Waals surface area contributed by atoms with Gasteiger partial charge in [-0.2, -0.15) is 0 Å². The van der Waals surface area contributed by atoms with Gasteiger partial charge in [-0.3, -0.25) is 10.2 Å². The lowest BCUT2D eigenvalue weighted by Gasteiger charge is -2.37. The molecule has 3 heterocycles. The van der Waals surface area contributed by atoms with E-state index in [0.29, 0.717) is 0 Å². The lowest BCUT2D eigenvalue weighted by Crippen LogP contribution is -2.34. The summed E-state index contributed by atoms with van der Waals surface area (Å²) in [7, 11) is 0. The molecule has 1 aromatic heterocycles. The van der Waals surface area contributed by atoms with Crippen molar-refractivity contribution in [2.45, 2.75) is 25.7 Å². The Morgan fingerprint density at radius 1 is 1.24 bits per heavy atom. The molecule has 0 spiro atoms. The first-order chi connectivity index (χ1) is 10.1. The topological polar surface area (TPSA) is 83.3 Å². The van der Waals surface area contributed by atoms with Crippen LogP contribution >= 0.6 is 0 Å². The summed E-state index contributed by atoms with van der Waals surface area (Å²) in [4.78, 5) is 13.8. The van der Waals surface area contributed by atoms with Gasteiger partial charge in [-0.05, 0) is 43.4 Å². The highest BCUT2D eigenvalue weighted by molar-refractivity contribution is 5.97. The van der Waals surface area contributed by atoms with E-state index < -0.39 is 5.91 Å². The Morgan fingerprint density at radius 3 is 2.76 bits per heavy atom. The van der Waals surface area contributed by atoms with Crippen molar-refractivity contribution < 1.29 is 9.21 Å². The highest BCUT2D eigenvalue weighted by Crippen LogP contribution is 2.39. The molecule has 3 N–H and O–H groups in total. The summed E-state index contributed by atoms with van der Waals surface area (Å²) < 4.78 is 5.66. The summed E-state index contributed by atoms with van der Waals surface area (Å²) in [6, 6.07) is 3.80. The Kier molecular flexibility index (Phi) is 2.58. The van der Waals surface area contributed by atoms with E-state index in [1.165, 1.54) is 16.8 Å². The standard InChI is InChI=1S/C16H17N3O2/c17-15(20)12-8-10-7-9-3-1-5-19-6-2-4-11(13(9)19)14(10)21-16(12)18/h7-8,18H,1-6H2,(H2,17,20). The van der Waals surface area contributed by atoms with Gasteiger partial charge in [0.2, 0.25) is 5.55 Å². The van der Waals surface area contributed by atoms with Crippen molar-refractivity contribution in [2.75, 3.05) is 18.0 Å². The summed E-state index contributed by atoms with van der Waals surface area (Å²) in [5.74, 6) is -0.612. The van der Waals surface area contributed by atoms with Crippen molar-refractivity contribution in [1.82, 2.24) is 0 Å². The van der Waals surface area contributed by atoms with Crippen LogP contribution in [0, 0.1) is 5.41 Å². The molecule has 0 saturated heterocycles. The molecule has 0 radical (unpaired) electrons. The largest absolute Gasteiger partial charge is 0.438 e. The third-order valence-electron chi connectivity index (χ3n) is 4.52. The lowest BCUT2D eigenvalue weighted by molar-refractivity contribution is 0.0996. The number of rotatable bonds is 1. The van der Waals surface area contributed by atoms with Gasteiger partial charge in [0.25, 0.3) is 5.91 Å². The van der Waals surface area contributed by atoms with Crippen LogP contribution in [0.15, 0.2) is 16.5 Å². The van der Waals surface area contributed by atoms with Crippen molar-refractivity contribution in [3.8, 4) is 0 Å². The first-order valence-corrected chi connectivity index (χ1v) is 7.37. The second-order valence-electron chi connectivity index (χ2n) is 5.83. The van der Waals surface area contributed by atoms with E-state index in [2.05, 4.69) is 11.0 Å². The molecule has 5 heteroatoms. The smallest absolute Gasteiger partial charge is 0.254 e. The number of carbonyl (C=O) groups excluding carboxylic acids is 1. The van der Waals surface area contributed by atoms with Crippen LogP contribution in [0.25, 0.3) is 11.0 Å². The van der Waals surface area contributed by atoms with E-state index in [-0.39, 0.29) is 11.1 Å². The summed E-state index contributed by atoms with van der Waals surface area (Å²) in [5.41, 5.74) is 9.90. The molecule has 2 aliphatic heterocycles. The highest BCUT2D eigenvalue weighted by atomic mass is 16.3. The van der Waals surface area contributed by atoms with Crippen molar-refractivity contribution in [3.05, 3.63) is 34.4 Å². The molecular formula is C16H17N3O2. The number of nitrogens with two attached hydrogens (primary N) is 1. The van der Waals surface area contributed by atoms with Gasteiger partial charge in [-0.1, -0.05) is 0 Å². The Hall–Kier alpha value is -2.30. The zero-order valence-corrected chi connectivity index (χ0v) is 11.7. The SMILES string of the molecule is N=c1oc2c3c4c(cc2cc1C(N)=O)CCCN4CCC3. The number of aryl methyl sites for hydroxylation is 2. The van der Waals surface area contributed by atoms with Crippen LogP contribution in [0.4, 0.5) is 5.69 Å². The molecule has 1 amide bonds. The number of hydrogen-bond donors (Lipinski definition) is 2. The normalized spacial score (nSPS) is 16.9. The van der Waals surface area contributed by atoms with Crippen LogP contribution < -0.4 is 16.2 Å². The number of anilines is 1. The third kappa shape index (κ3) is 1.77. The van der Waals surface area contributed by atoms with Crippen LogP contribution in [0.1, 0.15) is 34.3 Å². The van der Waals surface area contributed by atoms with Crippen LogP contribution in [0.3, 0.4) is 0 Å². The molecule has 0 atom stereocenters. The fourth-order valence-electron chi connectivity index (χ4n) is 3.64. The van der Waals surface area contributed by atoms with E-state index >= 15 is 0 Å². The van der Waals surface area contributed by atoms with Crippen molar-refractivity contribution in [3.63, 3.8) is 0 Å². The van der Waals surface area contributed by atoms with E-state index in [1.54, 1.807) is 6.07 Å². The number of fused-ring (bicyclic) bond motifs is 2. The summed E-state index contributed by atoms with van der Waals surface area (Å²) in [6.07, 6.45) is 4.29. The predicted octanol–water partition coefficient (Wildman–Crippen LogP) is 1.71. The molecule has 0 fully saturated rings. The minimum atomic E-state index is -0.612. The Balaban J connectivity index is 2.08. The minimum absolute atomic E-state index is 0.140. The molecule has 0 aliphatic carbocycles. The number of carbonyl (C=O) groups is 1.